The molecule has 4 aromatic carbocycles. The van der Waals surface area contributed by atoms with E-state index in [1.165, 1.54) is 21.5 Å². The van der Waals surface area contributed by atoms with E-state index >= 15 is 0 Å². The van der Waals surface area contributed by atoms with Gasteiger partial charge in [-0.05, 0) is 34.4 Å². The van der Waals surface area contributed by atoms with Crippen LogP contribution in [0.5, 0.6) is 0 Å². The zero-order chi connectivity index (χ0) is 14.9. The lowest BCUT2D eigenvalue weighted by Crippen LogP contribution is -1.93. The molecule has 0 saturated carbocycles. The van der Waals surface area contributed by atoms with E-state index in [-0.39, 0.29) is 0 Å². The first kappa shape index (κ1) is 13.2. The summed E-state index contributed by atoms with van der Waals surface area (Å²) in [4.78, 5) is 0. The second kappa shape index (κ2) is 5.36. The Kier molecular flexibility index (Phi) is 3.21. The number of benzene rings is 4. The molecule has 0 fully saturated rings. The van der Waals surface area contributed by atoms with Crippen molar-refractivity contribution in [2.24, 2.45) is 0 Å². The van der Waals surface area contributed by atoms with Gasteiger partial charge >= 0.3 is 0 Å². The quantitative estimate of drug-likeness (QED) is 0.423. The molecule has 4 aromatic rings. The highest BCUT2D eigenvalue weighted by atomic mass is 35.5. The maximum Gasteiger partial charge on any atom is 0.0640 e. The summed E-state index contributed by atoms with van der Waals surface area (Å²) in [7, 11) is 0. The van der Waals surface area contributed by atoms with E-state index in [4.69, 9.17) is 11.6 Å². The molecule has 0 heterocycles. The molecule has 0 unspecified atom stereocenters. The molecule has 0 aliphatic rings. The van der Waals surface area contributed by atoms with Gasteiger partial charge in [0, 0.05) is 11.1 Å². The van der Waals surface area contributed by atoms with Gasteiger partial charge in [-0.25, -0.2) is 0 Å². The van der Waals surface area contributed by atoms with Crippen LogP contribution in [0.3, 0.4) is 0 Å². The van der Waals surface area contributed by atoms with Crippen LogP contribution in [0.25, 0.3) is 21.5 Å². The van der Waals surface area contributed by atoms with Gasteiger partial charge in [0.15, 0.2) is 0 Å². The van der Waals surface area contributed by atoms with Crippen LogP contribution in [0.1, 0.15) is 0 Å². The average Bonchev–Trinajstić information content (AvgIpc) is 2.57. The number of para-hydroxylation sites is 1. The Morgan fingerprint density at radius 3 is 2.05 bits per heavy atom. The maximum absolute atomic E-state index is 6.28. The molecule has 1 nitrogen and oxygen atoms in total. The molecule has 0 bridgehead atoms. The van der Waals surface area contributed by atoms with Gasteiger partial charge in [0.25, 0.3) is 0 Å². The molecule has 0 aliphatic heterocycles. The second-order valence-corrected chi connectivity index (χ2v) is 5.70. The number of fused-ring (bicyclic) bond motifs is 3. The minimum Gasteiger partial charge on any atom is -0.354 e. The third-order valence-electron chi connectivity index (χ3n) is 3.91. The summed E-state index contributed by atoms with van der Waals surface area (Å²) in [6.45, 7) is 0. The summed E-state index contributed by atoms with van der Waals surface area (Å²) in [6.07, 6.45) is 0. The van der Waals surface area contributed by atoms with Crippen molar-refractivity contribution < 1.29 is 0 Å². The fourth-order valence-corrected chi connectivity index (χ4v) is 3.05. The number of halogens is 1. The Morgan fingerprint density at radius 1 is 0.591 bits per heavy atom. The third-order valence-corrected chi connectivity index (χ3v) is 4.24. The van der Waals surface area contributed by atoms with Crippen molar-refractivity contribution in [1.29, 1.82) is 0 Å². The molecule has 0 spiro atoms. The van der Waals surface area contributed by atoms with Crippen LogP contribution in [0.15, 0.2) is 78.9 Å². The molecule has 0 radical (unpaired) electrons. The van der Waals surface area contributed by atoms with Gasteiger partial charge in [-0.15, -0.1) is 0 Å². The summed E-state index contributed by atoms with van der Waals surface area (Å²) < 4.78 is 0. The highest BCUT2D eigenvalue weighted by Crippen LogP contribution is 2.34. The van der Waals surface area contributed by atoms with Crippen LogP contribution in [-0.4, -0.2) is 0 Å². The maximum atomic E-state index is 6.28. The van der Waals surface area contributed by atoms with Crippen LogP contribution < -0.4 is 5.32 Å². The zero-order valence-electron chi connectivity index (χ0n) is 11.9. The average molecular weight is 304 g/mol. The van der Waals surface area contributed by atoms with E-state index in [1.807, 2.05) is 24.3 Å². The Bertz CT molecular complexity index is 975. The topological polar surface area (TPSA) is 12.0 Å². The van der Waals surface area contributed by atoms with Crippen LogP contribution in [-0.2, 0) is 0 Å². The molecule has 0 aromatic heterocycles. The van der Waals surface area contributed by atoms with Crippen molar-refractivity contribution in [3.63, 3.8) is 0 Å². The smallest absolute Gasteiger partial charge is 0.0640 e. The van der Waals surface area contributed by atoms with Gasteiger partial charge in [-0.2, -0.15) is 0 Å². The Labute approximate surface area is 134 Å². The molecule has 1 N–H and O–H groups in total. The Hall–Kier alpha value is -2.51. The van der Waals surface area contributed by atoms with Crippen molar-refractivity contribution in [2.45, 2.75) is 0 Å². The monoisotopic (exact) mass is 303 g/mol. The Morgan fingerprint density at radius 2 is 1.23 bits per heavy atom. The largest absolute Gasteiger partial charge is 0.354 e. The van der Waals surface area contributed by atoms with Gasteiger partial charge in [0.1, 0.15) is 0 Å². The van der Waals surface area contributed by atoms with Crippen molar-refractivity contribution >= 4 is 44.5 Å². The first-order chi connectivity index (χ1) is 10.8. The van der Waals surface area contributed by atoms with Crippen molar-refractivity contribution in [3.05, 3.63) is 83.9 Å². The number of anilines is 2. The molecule has 0 saturated heterocycles. The van der Waals surface area contributed by atoms with Gasteiger partial charge < -0.3 is 5.32 Å². The van der Waals surface area contributed by atoms with Gasteiger partial charge in [-0.3, -0.25) is 0 Å². The van der Waals surface area contributed by atoms with E-state index in [9.17, 15) is 0 Å². The van der Waals surface area contributed by atoms with Crippen molar-refractivity contribution in [2.75, 3.05) is 5.32 Å². The van der Waals surface area contributed by atoms with Crippen molar-refractivity contribution in [3.8, 4) is 0 Å². The normalized spacial score (nSPS) is 11.0. The number of hydrogen-bond acceptors (Lipinski definition) is 1. The number of nitrogens with one attached hydrogen (secondary N) is 1. The zero-order valence-corrected chi connectivity index (χ0v) is 12.6. The lowest BCUT2D eigenvalue weighted by molar-refractivity contribution is 1.58. The molecule has 4 rings (SSSR count). The minimum absolute atomic E-state index is 0.722. The summed E-state index contributed by atoms with van der Waals surface area (Å²) >= 11 is 6.28. The summed E-state index contributed by atoms with van der Waals surface area (Å²) in [5, 5.41) is 9.12. The van der Waals surface area contributed by atoms with E-state index in [1.54, 1.807) is 0 Å². The van der Waals surface area contributed by atoms with Crippen LogP contribution in [0.4, 0.5) is 11.4 Å². The highest BCUT2D eigenvalue weighted by molar-refractivity contribution is 6.33. The molecule has 0 atom stereocenters. The number of hydrogen-bond donors (Lipinski definition) is 1. The van der Waals surface area contributed by atoms with E-state index in [2.05, 4.69) is 59.9 Å². The first-order valence-electron chi connectivity index (χ1n) is 7.25. The number of rotatable bonds is 2. The van der Waals surface area contributed by atoms with Crippen LogP contribution in [0.2, 0.25) is 5.02 Å². The highest BCUT2D eigenvalue weighted by Gasteiger charge is 2.07. The summed E-state index contributed by atoms with van der Waals surface area (Å²) in [5.74, 6) is 0. The van der Waals surface area contributed by atoms with E-state index in [0.717, 1.165) is 16.4 Å². The molecular weight excluding hydrogens is 290 g/mol. The van der Waals surface area contributed by atoms with Crippen molar-refractivity contribution in [1.82, 2.24) is 0 Å². The fourth-order valence-electron chi connectivity index (χ4n) is 2.87. The first-order valence-corrected chi connectivity index (χ1v) is 7.63. The fraction of sp³-hybridized carbons (Fsp3) is 0. The molecule has 22 heavy (non-hydrogen) atoms. The van der Waals surface area contributed by atoms with Gasteiger partial charge in [-0.1, -0.05) is 72.3 Å². The van der Waals surface area contributed by atoms with Crippen LogP contribution >= 0.6 is 11.6 Å². The predicted octanol–water partition coefficient (Wildman–Crippen LogP) is 6.39. The standard InChI is InChI=1S/C20H14ClN/c21-18-11-5-6-12-19(18)22-20-13-14-7-1-2-8-15(14)16-9-3-4-10-17(16)20/h1-13,22H. The van der Waals surface area contributed by atoms with Crippen LogP contribution in [0, 0.1) is 0 Å². The predicted molar refractivity (Wildman–Crippen MR) is 96.2 cm³/mol. The molecule has 0 aliphatic carbocycles. The minimum atomic E-state index is 0.722. The van der Waals surface area contributed by atoms with Gasteiger partial charge in [0.2, 0.25) is 0 Å². The summed E-state index contributed by atoms with van der Waals surface area (Å²) in [5.41, 5.74) is 1.99. The van der Waals surface area contributed by atoms with E-state index < -0.39 is 0 Å². The second-order valence-electron chi connectivity index (χ2n) is 5.30. The van der Waals surface area contributed by atoms with E-state index in [0.29, 0.717) is 0 Å². The van der Waals surface area contributed by atoms with Gasteiger partial charge in [0.05, 0.1) is 10.7 Å². The molecular formula is C20H14ClN. The lowest BCUT2D eigenvalue weighted by Gasteiger charge is -2.13. The summed E-state index contributed by atoms with van der Waals surface area (Å²) in [6, 6.07) is 26.9. The molecule has 0 amide bonds. The lowest BCUT2D eigenvalue weighted by atomic mass is 10.00. The SMILES string of the molecule is Clc1ccccc1Nc1cc2ccccc2c2ccccc12. The Balaban J connectivity index is 1.98. The molecule has 2 heteroatoms. The third kappa shape index (κ3) is 2.20. The molecule has 106 valence electrons.